The standard InChI is InChI=1S/C19H27FN2O2/c1-21(19(23)15-8-11-24-12-9-15)17-6-4-10-22(14-17)13-16-5-2-3-7-18(16)20/h2-3,5,7,15,17H,4,6,8-14H2,1H3. The lowest BCUT2D eigenvalue weighted by atomic mass is 9.96. The summed E-state index contributed by atoms with van der Waals surface area (Å²) in [6.45, 7) is 3.77. The molecule has 1 aromatic rings. The van der Waals surface area contributed by atoms with E-state index < -0.39 is 0 Å². The zero-order chi connectivity index (χ0) is 16.9. The zero-order valence-electron chi connectivity index (χ0n) is 14.4. The zero-order valence-corrected chi connectivity index (χ0v) is 14.4. The molecule has 1 unspecified atom stereocenters. The van der Waals surface area contributed by atoms with Gasteiger partial charge in [0, 0.05) is 50.9 Å². The number of hydrogen-bond donors (Lipinski definition) is 0. The van der Waals surface area contributed by atoms with E-state index in [1.807, 2.05) is 24.1 Å². The Labute approximate surface area is 143 Å². The summed E-state index contributed by atoms with van der Waals surface area (Å²) in [6, 6.07) is 7.17. The molecule has 0 N–H and O–H groups in total. The molecule has 24 heavy (non-hydrogen) atoms. The molecular formula is C19H27FN2O2. The molecule has 2 saturated heterocycles. The van der Waals surface area contributed by atoms with Gasteiger partial charge in [0.25, 0.3) is 0 Å². The van der Waals surface area contributed by atoms with Crippen LogP contribution in [0.3, 0.4) is 0 Å². The Bertz CT molecular complexity index is 560. The van der Waals surface area contributed by atoms with Crippen LogP contribution in [-0.4, -0.2) is 55.1 Å². The van der Waals surface area contributed by atoms with Crippen molar-refractivity contribution in [3.05, 3.63) is 35.6 Å². The Balaban J connectivity index is 1.58. The first-order chi connectivity index (χ1) is 11.6. The topological polar surface area (TPSA) is 32.8 Å². The number of benzene rings is 1. The lowest BCUT2D eigenvalue weighted by molar-refractivity contribution is -0.140. The number of carbonyl (C=O) groups excluding carboxylic acids is 1. The van der Waals surface area contributed by atoms with Crippen LogP contribution in [0.5, 0.6) is 0 Å². The average molecular weight is 334 g/mol. The first-order valence-electron chi connectivity index (χ1n) is 8.95. The highest BCUT2D eigenvalue weighted by Crippen LogP contribution is 2.23. The van der Waals surface area contributed by atoms with Gasteiger partial charge in [0.1, 0.15) is 5.82 Å². The quantitative estimate of drug-likeness (QED) is 0.849. The van der Waals surface area contributed by atoms with Crippen molar-refractivity contribution in [1.29, 1.82) is 0 Å². The third-order valence-electron chi connectivity index (χ3n) is 5.30. The molecule has 2 aliphatic heterocycles. The van der Waals surface area contributed by atoms with Crippen LogP contribution in [0, 0.1) is 11.7 Å². The lowest BCUT2D eigenvalue weighted by Crippen LogP contribution is -2.50. The Kier molecular flexibility index (Phi) is 5.85. The van der Waals surface area contributed by atoms with Gasteiger partial charge in [-0.3, -0.25) is 9.69 Å². The number of rotatable bonds is 4. The van der Waals surface area contributed by atoms with E-state index in [4.69, 9.17) is 4.74 Å². The van der Waals surface area contributed by atoms with E-state index in [1.54, 1.807) is 6.07 Å². The first-order valence-corrected chi connectivity index (χ1v) is 8.95. The number of nitrogens with zero attached hydrogens (tertiary/aromatic N) is 2. The number of carbonyl (C=O) groups is 1. The van der Waals surface area contributed by atoms with Crippen molar-refractivity contribution < 1.29 is 13.9 Å². The van der Waals surface area contributed by atoms with E-state index in [0.717, 1.165) is 44.3 Å². The van der Waals surface area contributed by atoms with Crippen LogP contribution >= 0.6 is 0 Å². The molecule has 5 heteroatoms. The summed E-state index contributed by atoms with van der Waals surface area (Å²) in [6.07, 6.45) is 3.73. The lowest BCUT2D eigenvalue weighted by Gasteiger charge is -2.39. The minimum atomic E-state index is -0.147. The number of amides is 1. The van der Waals surface area contributed by atoms with Gasteiger partial charge in [0.05, 0.1) is 0 Å². The molecule has 0 aliphatic carbocycles. The summed E-state index contributed by atoms with van der Waals surface area (Å²) in [4.78, 5) is 16.9. The van der Waals surface area contributed by atoms with Crippen molar-refractivity contribution >= 4 is 5.91 Å². The van der Waals surface area contributed by atoms with Gasteiger partial charge in [0.2, 0.25) is 5.91 Å². The molecule has 2 fully saturated rings. The second kappa shape index (κ2) is 8.08. The van der Waals surface area contributed by atoms with Crippen LogP contribution in [0.15, 0.2) is 24.3 Å². The minimum Gasteiger partial charge on any atom is -0.381 e. The summed E-state index contributed by atoms with van der Waals surface area (Å²) in [7, 11) is 1.93. The Morgan fingerprint density at radius 1 is 1.29 bits per heavy atom. The highest BCUT2D eigenvalue weighted by Gasteiger charge is 2.31. The molecule has 0 aromatic heterocycles. The van der Waals surface area contributed by atoms with Crippen LogP contribution in [0.2, 0.25) is 0 Å². The molecule has 2 heterocycles. The molecule has 0 bridgehead atoms. The Morgan fingerprint density at radius 3 is 2.79 bits per heavy atom. The van der Waals surface area contributed by atoms with Gasteiger partial charge in [-0.15, -0.1) is 0 Å². The fourth-order valence-electron chi connectivity index (χ4n) is 3.77. The molecule has 1 aromatic carbocycles. The molecule has 0 saturated carbocycles. The molecule has 132 valence electrons. The van der Waals surface area contributed by atoms with Crippen molar-refractivity contribution in [3.8, 4) is 0 Å². The number of halogens is 1. The second-order valence-electron chi connectivity index (χ2n) is 6.96. The van der Waals surface area contributed by atoms with Gasteiger partial charge in [-0.25, -0.2) is 4.39 Å². The normalized spacial score (nSPS) is 23.2. The van der Waals surface area contributed by atoms with E-state index >= 15 is 0 Å². The Morgan fingerprint density at radius 2 is 2.04 bits per heavy atom. The summed E-state index contributed by atoms with van der Waals surface area (Å²) >= 11 is 0. The second-order valence-corrected chi connectivity index (χ2v) is 6.96. The van der Waals surface area contributed by atoms with Crippen molar-refractivity contribution in [2.75, 3.05) is 33.4 Å². The van der Waals surface area contributed by atoms with Gasteiger partial charge < -0.3 is 9.64 Å². The van der Waals surface area contributed by atoms with Gasteiger partial charge >= 0.3 is 0 Å². The minimum absolute atomic E-state index is 0.102. The van der Waals surface area contributed by atoms with E-state index in [2.05, 4.69) is 4.90 Å². The molecule has 1 amide bonds. The van der Waals surface area contributed by atoms with E-state index in [0.29, 0.717) is 19.8 Å². The highest BCUT2D eigenvalue weighted by molar-refractivity contribution is 5.79. The van der Waals surface area contributed by atoms with E-state index in [1.165, 1.54) is 6.07 Å². The predicted molar refractivity (Wildman–Crippen MR) is 91.0 cm³/mol. The van der Waals surface area contributed by atoms with E-state index in [9.17, 15) is 9.18 Å². The van der Waals surface area contributed by atoms with Crippen molar-refractivity contribution in [2.24, 2.45) is 5.92 Å². The number of piperidine rings is 1. The molecule has 0 radical (unpaired) electrons. The molecule has 0 spiro atoms. The van der Waals surface area contributed by atoms with Crippen molar-refractivity contribution in [3.63, 3.8) is 0 Å². The van der Waals surface area contributed by atoms with Crippen LogP contribution < -0.4 is 0 Å². The number of likely N-dealkylation sites (tertiary alicyclic amines) is 1. The summed E-state index contributed by atoms with van der Waals surface area (Å²) in [5, 5.41) is 0. The fraction of sp³-hybridized carbons (Fsp3) is 0.632. The van der Waals surface area contributed by atoms with E-state index in [-0.39, 0.29) is 23.7 Å². The van der Waals surface area contributed by atoms with Gasteiger partial charge in [-0.2, -0.15) is 0 Å². The third-order valence-corrected chi connectivity index (χ3v) is 5.30. The maximum atomic E-state index is 13.9. The van der Waals surface area contributed by atoms with Crippen molar-refractivity contribution in [2.45, 2.75) is 38.3 Å². The van der Waals surface area contributed by atoms with Crippen LogP contribution in [0.1, 0.15) is 31.2 Å². The Hall–Kier alpha value is -1.46. The predicted octanol–water partition coefficient (Wildman–Crippen LogP) is 2.68. The summed E-state index contributed by atoms with van der Waals surface area (Å²) in [5.41, 5.74) is 0.733. The fourth-order valence-corrected chi connectivity index (χ4v) is 3.77. The molecular weight excluding hydrogens is 307 g/mol. The van der Waals surface area contributed by atoms with Gasteiger partial charge in [0.15, 0.2) is 0 Å². The van der Waals surface area contributed by atoms with Crippen LogP contribution in [0.4, 0.5) is 4.39 Å². The SMILES string of the molecule is CN(C(=O)C1CCOCC1)C1CCCN(Cc2ccccc2F)C1. The van der Waals surface area contributed by atoms with Crippen molar-refractivity contribution in [1.82, 2.24) is 9.80 Å². The maximum Gasteiger partial charge on any atom is 0.225 e. The van der Waals surface area contributed by atoms with Gasteiger partial charge in [-0.05, 0) is 38.3 Å². The largest absolute Gasteiger partial charge is 0.381 e. The first kappa shape index (κ1) is 17.4. The smallest absolute Gasteiger partial charge is 0.225 e. The highest BCUT2D eigenvalue weighted by atomic mass is 19.1. The number of hydrogen-bond acceptors (Lipinski definition) is 3. The van der Waals surface area contributed by atoms with Gasteiger partial charge in [-0.1, -0.05) is 18.2 Å². The summed E-state index contributed by atoms with van der Waals surface area (Å²) in [5.74, 6) is 0.202. The number of likely N-dealkylation sites (N-methyl/N-ethyl adjacent to an activating group) is 1. The molecule has 2 aliphatic rings. The third kappa shape index (κ3) is 4.14. The van der Waals surface area contributed by atoms with Crippen LogP contribution in [0.25, 0.3) is 0 Å². The van der Waals surface area contributed by atoms with Crippen LogP contribution in [-0.2, 0) is 16.1 Å². The molecule has 4 nitrogen and oxygen atoms in total. The summed E-state index contributed by atoms with van der Waals surface area (Å²) < 4.78 is 19.2. The average Bonchev–Trinajstić information content (AvgIpc) is 2.63. The molecule has 3 rings (SSSR count). The monoisotopic (exact) mass is 334 g/mol. The maximum absolute atomic E-state index is 13.9. The number of ether oxygens (including phenoxy) is 1. The molecule has 1 atom stereocenters.